The van der Waals surface area contributed by atoms with Crippen molar-refractivity contribution in [3.05, 3.63) is 35.1 Å². The molecule has 5 nitrogen and oxygen atoms in total. The first-order chi connectivity index (χ1) is 10.2. The minimum Gasteiger partial charge on any atom is -0.335 e. The third-order valence-corrected chi connectivity index (χ3v) is 5.32. The van der Waals surface area contributed by atoms with Crippen LogP contribution in [0.1, 0.15) is 28.8 Å². The Labute approximate surface area is 129 Å². The molecule has 2 fully saturated rings. The number of nitrogens with one attached hydrogen (secondary N) is 1. The molecule has 1 aliphatic carbocycles. The number of halogens is 1. The van der Waals surface area contributed by atoms with Crippen molar-refractivity contribution in [3.63, 3.8) is 0 Å². The van der Waals surface area contributed by atoms with Crippen LogP contribution in [0.3, 0.4) is 0 Å². The molecule has 2 aliphatic rings. The Bertz CT molecular complexity index is 719. The summed E-state index contributed by atoms with van der Waals surface area (Å²) in [5.74, 6) is -0.421. The highest BCUT2D eigenvalue weighted by atomic mass is 32.2. The van der Waals surface area contributed by atoms with Crippen molar-refractivity contribution in [3.8, 4) is 0 Å². The summed E-state index contributed by atoms with van der Waals surface area (Å²) in [6.07, 6.45) is 2.57. The molecule has 1 heterocycles. The van der Waals surface area contributed by atoms with E-state index in [1.54, 1.807) is 24.0 Å². The first kappa shape index (κ1) is 15.4. The number of likely N-dealkylation sites (tertiary alicyclic amines) is 1. The summed E-state index contributed by atoms with van der Waals surface area (Å²) in [5, 5.41) is 0. The van der Waals surface area contributed by atoms with Gasteiger partial charge in [0.1, 0.15) is 5.82 Å². The Morgan fingerprint density at radius 3 is 2.64 bits per heavy atom. The summed E-state index contributed by atoms with van der Waals surface area (Å²) < 4.78 is 38.9. The van der Waals surface area contributed by atoms with Crippen molar-refractivity contribution in [1.29, 1.82) is 0 Å². The Kier molecular flexibility index (Phi) is 3.72. The Hall–Kier alpha value is -1.47. The van der Waals surface area contributed by atoms with E-state index in [9.17, 15) is 17.6 Å². The molecule has 0 unspecified atom stereocenters. The highest BCUT2D eigenvalue weighted by Crippen LogP contribution is 2.38. The van der Waals surface area contributed by atoms with Crippen LogP contribution in [0.5, 0.6) is 0 Å². The number of hydrogen-bond donors (Lipinski definition) is 1. The SMILES string of the molecule is Cc1ccc(C(=O)N2C[C@@H]3C[C@H]2C[C@@H]3NS(C)(=O)=O)cc1F. The quantitative estimate of drug-likeness (QED) is 0.910. The van der Waals surface area contributed by atoms with E-state index < -0.39 is 10.0 Å². The third-order valence-electron chi connectivity index (χ3n) is 4.59. The van der Waals surface area contributed by atoms with E-state index in [1.165, 1.54) is 6.07 Å². The van der Waals surface area contributed by atoms with Gasteiger partial charge in [-0.15, -0.1) is 0 Å². The molecule has 2 bridgehead atoms. The van der Waals surface area contributed by atoms with Crippen LogP contribution in [0.4, 0.5) is 4.39 Å². The summed E-state index contributed by atoms with van der Waals surface area (Å²) in [7, 11) is -3.23. The topological polar surface area (TPSA) is 66.5 Å². The van der Waals surface area contributed by atoms with Gasteiger partial charge in [0.15, 0.2) is 0 Å². The van der Waals surface area contributed by atoms with Crippen LogP contribution in [-0.4, -0.2) is 44.1 Å². The standard InChI is InChI=1S/C15H19FN2O3S/c1-9-3-4-10(6-13(9)16)15(19)18-8-11-5-12(18)7-14(11)17-22(2,20)21/h3-4,6,11-12,14,17H,5,7-8H2,1-2H3/t11-,12-,14-/m0/s1. The van der Waals surface area contributed by atoms with Crippen molar-refractivity contribution >= 4 is 15.9 Å². The first-order valence-corrected chi connectivity index (χ1v) is 9.18. The van der Waals surface area contributed by atoms with Gasteiger partial charge >= 0.3 is 0 Å². The fourth-order valence-corrected chi connectivity index (χ4v) is 4.35. The average molecular weight is 326 g/mol. The maximum absolute atomic E-state index is 13.6. The second kappa shape index (κ2) is 5.31. The minimum atomic E-state index is -3.23. The van der Waals surface area contributed by atoms with E-state index >= 15 is 0 Å². The molecule has 0 spiro atoms. The molecule has 0 aromatic heterocycles. The van der Waals surface area contributed by atoms with Crippen molar-refractivity contribution < 1.29 is 17.6 Å². The van der Waals surface area contributed by atoms with E-state index in [0.29, 0.717) is 24.1 Å². The maximum atomic E-state index is 13.6. The molecular weight excluding hydrogens is 307 g/mol. The van der Waals surface area contributed by atoms with Crippen molar-refractivity contribution in [2.24, 2.45) is 5.92 Å². The van der Waals surface area contributed by atoms with Crippen LogP contribution in [0.25, 0.3) is 0 Å². The number of carbonyl (C=O) groups is 1. The number of nitrogens with zero attached hydrogens (tertiary/aromatic N) is 1. The van der Waals surface area contributed by atoms with Gasteiger partial charge in [0.25, 0.3) is 5.91 Å². The molecular formula is C15H19FN2O3S. The van der Waals surface area contributed by atoms with Gasteiger partial charge in [-0.2, -0.15) is 0 Å². The second-order valence-corrected chi connectivity index (χ2v) is 8.08. The zero-order valence-corrected chi connectivity index (χ0v) is 13.4. The summed E-state index contributed by atoms with van der Waals surface area (Å²) in [5.41, 5.74) is 0.861. The number of fused-ring (bicyclic) bond motifs is 2. The van der Waals surface area contributed by atoms with Crippen LogP contribution >= 0.6 is 0 Å². The number of sulfonamides is 1. The monoisotopic (exact) mass is 326 g/mol. The van der Waals surface area contributed by atoms with Crippen LogP contribution < -0.4 is 4.72 Å². The fraction of sp³-hybridized carbons (Fsp3) is 0.533. The Balaban J connectivity index is 1.72. The van der Waals surface area contributed by atoms with E-state index in [2.05, 4.69) is 4.72 Å². The predicted molar refractivity (Wildman–Crippen MR) is 80.5 cm³/mol. The molecule has 120 valence electrons. The molecule has 3 atom stereocenters. The van der Waals surface area contributed by atoms with Crippen LogP contribution in [0.2, 0.25) is 0 Å². The zero-order valence-electron chi connectivity index (χ0n) is 12.5. The van der Waals surface area contributed by atoms with Crippen molar-refractivity contribution in [1.82, 2.24) is 9.62 Å². The van der Waals surface area contributed by atoms with Gasteiger partial charge in [-0.3, -0.25) is 4.79 Å². The second-order valence-electron chi connectivity index (χ2n) is 6.30. The van der Waals surface area contributed by atoms with E-state index in [4.69, 9.17) is 0 Å². The lowest BCUT2D eigenvalue weighted by molar-refractivity contribution is 0.0691. The molecule has 7 heteroatoms. The minimum absolute atomic E-state index is 0.0288. The molecule has 1 aromatic rings. The molecule has 1 saturated carbocycles. The lowest BCUT2D eigenvalue weighted by Crippen LogP contribution is -2.47. The number of amides is 1. The number of hydrogen-bond acceptors (Lipinski definition) is 3. The molecule has 1 amide bonds. The summed E-state index contributed by atoms with van der Waals surface area (Å²) in [6.45, 7) is 2.18. The third kappa shape index (κ3) is 2.87. The number of piperidine rings is 1. The maximum Gasteiger partial charge on any atom is 0.254 e. The average Bonchev–Trinajstić information content (AvgIpc) is 2.98. The molecule has 1 aliphatic heterocycles. The molecule has 3 rings (SSSR count). The lowest BCUT2D eigenvalue weighted by Gasteiger charge is -2.31. The van der Waals surface area contributed by atoms with Gasteiger partial charge in [0.2, 0.25) is 10.0 Å². The largest absolute Gasteiger partial charge is 0.335 e. The molecule has 1 N–H and O–H groups in total. The number of benzene rings is 1. The summed E-state index contributed by atoms with van der Waals surface area (Å²) >= 11 is 0. The molecule has 0 radical (unpaired) electrons. The fourth-order valence-electron chi connectivity index (χ4n) is 3.51. The zero-order chi connectivity index (χ0) is 16.1. The lowest BCUT2D eigenvalue weighted by atomic mass is 10.0. The first-order valence-electron chi connectivity index (χ1n) is 7.29. The predicted octanol–water partition coefficient (Wildman–Crippen LogP) is 1.29. The van der Waals surface area contributed by atoms with E-state index in [-0.39, 0.29) is 29.7 Å². The smallest absolute Gasteiger partial charge is 0.254 e. The number of carbonyl (C=O) groups excluding carboxylic acids is 1. The van der Waals surface area contributed by atoms with Gasteiger partial charge in [0.05, 0.1) is 6.26 Å². The van der Waals surface area contributed by atoms with Gasteiger partial charge in [0, 0.05) is 24.2 Å². The summed E-state index contributed by atoms with van der Waals surface area (Å²) in [6, 6.07) is 4.44. The van der Waals surface area contributed by atoms with Gasteiger partial charge in [-0.05, 0) is 43.4 Å². The van der Waals surface area contributed by atoms with Crippen molar-refractivity contribution in [2.75, 3.05) is 12.8 Å². The highest BCUT2D eigenvalue weighted by Gasteiger charge is 2.47. The number of rotatable bonds is 3. The van der Waals surface area contributed by atoms with Gasteiger partial charge < -0.3 is 4.90 Å². The number of aryl methyl sites for hydroxylation is 1. The van der Waals surface area contributed by atoms with Crippen molar-refractivity contribution in [2.45, 2.75) is 31.8 Å². The van der Waals surface area contributed by atoms with Crippen LogP contribution in [0, 0.1) is 18.7 Å². The summed E-state index contributed by atoms with van der Waals surface area (Å²) in [4.78, 5) is 14.3. The molecule has 1 aromatic carbocycles. The van der Waals surface area contributed by atoms with E-state index in [1.807, 2.05) is 0 Å². The molecule has 22 heavy (non-hydrogen) atoms. The normalized spacial score (nSPS) is 27.4. The highest BCUT2D eigenvalue weighted by molar-refractivity contribution is 7.88. The van der Waals surface area contributed by atoms with Gasteiger partial charge in [-0.25, -0.2) is 17.5 Å². The van der Waals surface area contributed by atoms with Gasteiger partial charge in [-0.1, -0.05) is 6.07 Å². The molecule has 1 saturated heterocycles. The van der Waals surface area contributed by atoms with Crippen LogP contribution in [-0.2, 0) is 10.0 Å². The van der Waals surface area contributed by atoms with Crippen LogP contribution in [0.15, 0.2) is 18.2 Å². The Morgan fingerprint density at radius 2 is 2.09 bits per heavy atom. The van der Waals surface area contributed by atoms with E-state index in [0.717, 1.165) is 12.7 Å². The Morgan fingerprint density at radius 1 is 1.36 bits per heavy atom.